The number of aromatic nitrogens is 1. The second-order valence-corrected chi connectivity index (χ2v) is 8.54. The lowest BCUT2D eigenvalue weighted by Gasteiger charge is -2.24. The zero-order valence-electron chi connectivity index (χ0n) is 14.5. The average Bonchev–Trinajstić information content (AvgIpc) is 2.86. The lowest BCUT2D eigenvalue weighted by atomic mass is 9.89. The summed E-state index contributed by atoms with van der Waals surface area (Å²) < 4.78 is 26.1. The van der Waals surface area contributed by atoms with E-state index in [1.807, 2.05) is 32.0 Å². The van der Waals surface area contributed by atoms with Crippen molar-refractivity contribution in [2.75, 3.05) is 0 Å². The molecular weight excluding hydrogens is 320 g/mol. The molecule has 130 valence electrons. The summed E-state index contributed by atoms with van der Waals surface area (Å²) in [6.45, 7) is 4.78. The van der Waals surface area contributed by atoms with Crippen LogP contribution in [-0.2, 0) is 16.6 Å². The first-order valence-corrected chi connectivity index (χ1v) is 10.2. The number of nitrogens with zero attached hydrogens (tertiary/aromatic N) is 1. The third-order valence-electron chi connectivity index (χ3n) is 5.11. The Balaban J connectivity index is 2.08. The first kappa shape index (κ1) is 17.2. The molecular formula is C19H26N2O2S. The van der Waals surface area contributed by atoms with Gasteiger partial charge in [0.25, 0.3) is 0 Å². The van der Waals surface area contributed by atoms with Gasteiger partial charge in [-0.3, -0.25) is 0 Å². The highest BCUT2D eigenvalue weighted by atomic mass is 32.2. The third kappa shape index (κ3) is 3.57. The van der Waals surface area contributed by atoms with Crippen LogP contribution in [0.25, 0.3) is 11.3 Å². The molecule has 0 aliphatic heterocycles. The number of hydrogen-bond donors (Lipinski definition) is 1. The molecule has 1 fully saturated rings. The largest absolute Gasteiger partial charge is 0.343 e. The van der Waals surface area contributed by atoms with Crippen LogP contribution in [0.1, 0.15) is 43.4 Å². The van der Waals surface area contributed by atoms with Crippen molar-refractivity contribution < 1.29 is 8.42 Å². The first-order valence-electron chi connectivity index (χ1n) is 8.66. The molecule has 5 heteroatoms. The SMILES string of the molecule is Cc1cccc(-c2cc(S(N)(=O)=O)c(C)n2CC2CCCCC2)c1. The van der Waals surface area contributed by atoms with E-state index in [1.165, 1.54) is 32.1 Å². The molecule has 0 amide bonds. The van der Waals surface area contributed by atoms with Crippen LogP contribution < -0.4 is 5.14 Å². The van der Waals surface area contributed by atoms with Crippen molar-refractivity contribution in [2.45, 2.75) is 57.4 Å². The van der Waals surface area contributed by atoms with E-state index in [4.69, 9.17) is 5.14 Å². The lowest BCUT2D eigenvalue weighted by Crippen LogP contribution is -2.17. The molecule has 2 aromatic rings. The quantitative estimate of drug-likeness (QED) is 0.909. The molecule has 0 spiro atoms. The number of aryl methyl sites for hydroxylation is 1. The van der Waals surface area contributed by atoms with Gasteiger partial charge in [-0.25, -0.2) is 13.6 Å². The summed E-state index contributed by atoms with van der Waals surface area (Å²) in [6, 6.07) is 9.92. The Morgan fingerprint density at radius 2 is 1.83 bits per heavy atom. The van der Waals surface area contributed by atoms with Gasteiger partial charge < -0.3 is 4.57 Å². The maximum atomic E-state index is 12.0. The summed E-state index contributed by atoms with van der Waals surface area (Å²) >= 11 is 0. The van der Waals surface area contributed by atoms with Gasteiger partial charge in [-0.15, -0.1) is 0 Å². The second kappa shape index (κ2) is 6.73. The van der Waals surface area contributed by atoms with Gasteiger partial charge in [0.2, 0.25) is 10.0 Å². The van der Waals surface area contributed by atoms with E-state index in [9.17, 15) is 8.42 Å². The molecule has 0 bridgehead atoms. The van der Waals surface area contributed by atoms with Crippen molar-refractivity contribution in [3.63, 3.8) is 0 Å². The van der Waals surface area contributed by atoms with Gasteiger partial charge in [0, 0.05) is 17.9 Å². The molecule has 1 aliphatic rings. The smallest absolute Gasteiger partial charge is 0.239 e. The zero-order valence-corrected chi connectivity index (χ0v) is 15.3. The summed E-state index contributed by atoms with van der Waals surface area (Å²) in [6.07, 6.45) is 6.29. The highest BCUT2D eigenvalue weighted by Gasteiger charge is 2.23. The molecule has 1 aromatic carbocycles. The number of nitrogens with two attached hydrogens (primary N) is 1. The van der Waals surface area contributed by atoms with Crippen molar-refractivity contribution >= 4 is 10.0 Å². The fourth-order valence-electron chi connectivity index (χ4n) is 3.81. The minimum Gasteiger partial charge on any atom is -0.343 e. The first-order chi connectivity index (χ1) is 11.4. The molecule has 0 atom stereocenters. The van der Waals surface area contributed by atoms with Crippen LogP contribution in [0.4, 0.5) is 0 Å². The van der Waals surface area contributed by atoms with E-state index in [1.54, 1.807) is 6.07 Å². The van der Waals surface area contributed by atoms with Gasteiger partial charge in [-0.2, -0.15) is 0 Å². The predicted octanol–water partition coefficient (Wildman–Crippen LogP) is 4.00. The molecule has 0 unspecified atom stereocenters. The lowest BCUT2D eigenvalue weighted by molar-refractivity contribution is 0.318. The summed E-state index contributed by atoms with van der Waals surface area (Å²) in [7, 11) is -3.71. The Morgan fingerprint density at radius 1 is 1.12 bits per heavy atom. The highest BCUT2D eigenvalue weighted by molar-refractivity contribution is 7.89. The standard InChI is InChI=1S/C19H26N2O2S/c1-14-7-6-10-17(11-14)18-12-19(24(20,22)23)15(2)21(18)13-16-8-4-3-5-9-16/h6-7,10-12,16H,3-5,8-9,13H2,1-2H3,(H2,20,22,23). The van der Waals surface area contributed by atoms with E-state index in [-0.39, 0.29) is 4.90 Å². The van der Waals surface area contributed by atoms with Crippen molar-refractivity contribution in [3.8, 4) is 11.3 Å². The number of rotatable bonds is 4. The second-order valence-electron chi connectivity index (χ2n) is 7.01. The Labute approximate surface area is 144 Å². The highest BCUT2D eigenvalue weighted by Crippen LogP contribution is 2.32. The monoisotopic (exact) mass is 346 g/mol. The van der Waals surface area contributed by atoms with E-state index in [0.29, 0.717) is 5.92 Å². The van der Waals surface area contributed by atoms with Crippen LogP contribution in [-0.4, -0.2) is 13.0 Å². The van der Waals surface area contributed by atoms with E-state index in [0.717, 1.165) is 29.1 Å². The summed E-state index contributed by atoms with van der Waals surface area (Å²) in [4.78, 5) is 0.245. The number of hydrogen-bond acceptors (Lipinski definition) is 2. The van der Waals surface area contributed by atoms with Gasteiger partial charge in [-0.1, -0.05) is 43.0 Å². The summed E-state index contributed by atoms with van der Waals surface area (Å²) in [5.74, 6) is 0.613. The topological polar surface area (TPSA) is 65.1 Å². The van der Waals surface area contributed by atoms with E-state index in [2.05, 4.69) is 10.6 Å². The predicted molar refractivity (Wildman–Crippen MR) is 97.3 cm³/mol. The minimum absolute atomic E-state index is 0.245. The molecule has 3 rings (SSSR count). The minimum atomic E-state index is -3.71. The number of primary sulfonamides is 1. The van der Waals surface area contributed by atoms with Gasteiger partial charge in [0.05, 0.1) is 0 Å². The molecule has 1 aliphatic carbocycles. The molecule has 4 nitrogen and oxygen atoms in total. The summed E-state index contributed by atoms with van der Waals surface area (Å²) in [5.41, 5.74) is 3.90. The van der Waals surface area contributed by atoms with Crippen LogP contribution in [0.5, 0.6) is 0 Å². The maximum Gasteiger partial charge on any atom is 0.239 e. The third-order valence-corrected chi connectivity index (χ3v) is 6.13. The molecule has 0 saturated heterocycles. The van der Waals surface area contributed by atoms with Gasteiger partial charge in [0.15, 0.2) is 0 Å². The fourth-order valence-corrected chi connectivity index (χ4v) is 4.61. The average molecular weight is 346 g/mol. The van der Waals surface area contributed by atoms with Crippen LogP contribution in [0.3, 0.4) is 0 Å². The number of benzene rings is 1. The van der Waals surface area contributed by atoms with Gasteiger partial charge in [-0.05, 0) is 50.3 Å². The van der Waals surface area contributed by atoms with Crippen LogP contribution >= 0.6 is 0 Å². The van der Waals surface area contributed by atoms with Crippen molar-refractivity contribution in [1.29, 1.82) is 0 Å². The Kier molecular flexibility index (Phi) is 4.83. The molecule has 2 N–H and O–H groups in total. The maximum absolute atomic E-state index is 12.0. The molecule has 1 heterocycles. The van der Waals surface area contributed by atoms with Crippen molar-refractivity contribution in [1.82, 2.24) is 4.57 Å². The Morgan fingerprint density at radius 3 is 2.46 bits per heavy atom. The van der Waals surface area contributed by atoms with Crippen molar-refractivity contribution in [3.05, 3.63) is 41.6 Å². The zero-order chi connectivity index (χ0) is 17.3. The molecule has 24 heavy (non-hydrogen) atoms. The van der Waals surface area contributed by atoms with Crippen molar-refractivity contribution in [2.24, 2.45) is 11.1 Å². The normalized spacial score (nSPS) is 16.5. The van der Waals surface area contributed by atoms with Gasteiger partial charge >= 0.3 is 0 Å². The van der Waals surface area contributed by atoms with Crippen LogP contribution in [0, 0.1) is 19.8 Å². The Hall–Kier alpha value is -1.59. The summed E-state index contributed by atoms with van der Waals surface area (Å²) in [5, 5.41) is 5.44. The Bertz CT molecular complexity index is 831. The van der Waals surface area contributed by atoms with Gasteiger partial charge in [0.1, 0.15) is 4.90 Å². The van der Waals surface area contributed by atoms with Crippen LogP contribution in [0.2, 0.25) is 0 Å². The molecule has 0 radical (unpaired) electrons. The molecule has 1 aromatic heterocycles. The van der Waals surface area contributed by atoms with E-state index < -0.39 is 10.0 Å². The molecule has 1 saturated carbocycles. The fraction of sp³-hybridized carbons (Fsp3) is 0.474. The van der Waals surface area contributed by atoms with Crippen LogP contribution in [0.15, 0.2) is 35.2 Å². The number of sulfonamides is 1. The van der Waals surface area contributed by atoms with E-state index >= 15 is 0 Å².